The number of carboxylic acids is 2. The number of carbonyl (C=O) groups is 2. The smallest absolute Gasteiger partial charge is 0.335 e. The standard InChI is InChI=1S/C20H15NO4/c21-17-3-1-2-16(12-4-8-14(9-5-12)19(22)23)18(17)13-6-10-15(11-7-13)20(24)25/h1-11H,21H2,(H,22,23)(H,24,25). The van der Waals surface area contributed by atoms with Gasteiger partial charge in [0, 0.05) is 11.3 Å². The lowest BCUT2D eigenvalue weighted by molar-refractivity contribution is 0.0686. The molecule has 3 rings (SSSR count). The van der Waals surface area contributed by atoms with Crippen molar-refractivity contribution >= 4 is 17.6 Å². The third-order valence-electron chi connectivity index (χ3n) is 3.96. The Labute approximate surface area is 144 Å². The summed E-state index contributed by atoms with van der Waals surface area (Å²) in [7, 11) is 0. The van der Waals surface area contributed by atoms with Gasteiger partial charge in [0.25, 0.3) is 0 Å². The molecule has 0 aromatic heterocycles. The van der Waals surface area contributed by atoms with E-state index in [1.807, 2.05) is 12.1 Å². The summed E-state index contributed by atoms with van der Waals surface area (Å²) in [6.45, 7) is 0. The van der Waals surface area contributed by atoms with Crippen LogP contribution in [0, 0.1) is 0 Å². The Morgan fingerprint density at radius 3 is 1.64 bits per heavy atom. The molecule has 0 fully saturated rings. The van der Waals surface area contributed by atoms with E-state index in [2.05, 4.69) is 0 Å². The largest absolute Gasteiger partial charge is 0.478 e. The Morgan fingerprint density at radius 2 is 1.16 bits per heavy atom. The number of hydrogen-bond donors (Lipinski definition) is 3. The van der Waals surface area contributed by atoms with E-state index in [1.54, 1.807) is 30.3 Å². The lowest BCUT2D eigenvalue weighted by atomic mass is 9.92. The molecule has 5 heteroatoms. The summed E-state index contributed by atoms with van der Waals surface area (Å²) in [6, 6.07) is 18.5. The van der Waals surface area contributed by atoms with Crippen LogP contribution in [0.4, 0.5) is 5.69 Å². The Kier molecular flexibility index (Phi) is 4.22. The summed E-state index contributed by atoms with van der Waals surface area (Å²) < 4.78 is 0. The summed E-state index contributed by atoms with van der Waals surface area (Å²) in [4.78, 5) is 22.0. The van der Waals surface area contributed by atoms with Crippen molar-refractivity contribution in [2.45, 2.75) is 0 Å². The van der Waals surface area contributed by atoms with E-state index in [0.29, 0.717) is 5.69 Å². The van der Waals surface area contributed by atoms with Gasteiger partial charge < -0.3 is 15.9 Å². The third kappa shape index (κ3) is 3.21. The van der Waals surface area contributed by atoms with E-state index >= 15 is 0 Å². The normalized spacial score (nSPS) is 10.4. The van der Waals surface area contributed by atoms with E-state index in [9.17, 15) is 9.59 Å². The van der Waals surface area contributed by atoms with E-state index in [0.717, 1.165) is 22.3 Å². The maximum atomic E-state index is 11.0. The second-order valence-corrected chi connectivity index (χ2v) is 5.53. The van der Waals surface area contributed by atoms with E-state index < -0.39 is 11.9 Å². The minimum atomic E-state index is -0.989. The number of rotatable bonds is 4. The SMILES string of the molecule is Nc1cccc(-c2ccc(C(=O)O)cc2)c1-c1ccc(C(=O)O)cc1. The first-order valence-corrected chi connectivity index (χ1v) is 7.53. The predicted molar refractivity (Wildman–Crippen MR) is 95.6 cm³/mol. The van der Waals surface area contributed by atoms with Crippen LogP contribution in [0.1, 0.15) is 20.7 Å². The van der Waals surface area contributed by atoms with Gasteiger partial charge in [-0.25, -0.2) is 9.59 Å². The van der Waals surface area contributed by atoms with Crippen LogP contribution < -0.4 is 5.73 Å². The monoisotopic (exact) mass is 333 g/mol. The highest BCUT2D eigenvalue weighted by Crippen LogP contribution is 2.36. The molecule has 0 aliphatic heterocycles. The average molecular weight is 333 g/mol. The van der Waals surface area contributed by atoms with E-state index in [-0.39, 0.29) is 11.1 Å². The summed E-state index contributed by atoms with van der Waals surface area (Å²) in [6.07, 6.45) is 0. The number of nitrogen functional groups attached to an aromatic ring is 1. The molecule has 0 saturated heterocycles. The Bertz CT molecular complexity index is 944. The lowest BCUT2D eigenvalue weighted by Gasteiger charge is -2.13. The maximum absolute atomic E-state index is 11.0. The molecule has 124 valence electrons. The van der Waals surface area contributed by atoms with Crippen molar-refractivity contribution in [2.75, 3.05) is 5.73 Å². The van der Waals surface area contributed by atoms with Crippen LogP contribution in [0.3, 0.4) is 0 Å². The van der Waals surface area contributed by atoms with Crippen molar-refractivity contribution in [3.8, 4) is 22.3 Å². The van der Waals surface area contributed by atoms with Gasteiger partial charge in [-0.1, -0.05) is 36.4 Å². The Balaban J connectivity index is 2.11. The molecular formula is C20H15NO4. The Morgan fingerprint density at radius 1 is 0.680 bits per heavy atom. The van der Waals surface area contributed by atoms with Crippen LogP contribution in [0.2, 0.25) is 0 Å². The van der Waals surface area contributed by atoms with Crippen molar-refractivity contribution in [1.29, 1.82) is 0 Å². The minimum Gasteiger partial charge on any atom is -0.478 e. The maximum Gasteiger partial charge on any atom is 0.335 e. The zero-order chi connectivity index (χ0) is 18.0. The van der Waals surface area contributed by atoms with Crippen molar-refractivity contribution in [3.63, 3.8) is 0 Å². The van der Waals surface area contributed by atoms with Crippen LogP contribution in [-0.2, 0) is 0 Å². The van der Waals surface area contributed by atoms with Gasteiger partial charge in [0.1, 0.15) is 0 Å². The van der Waals surface area contributed by atoms with Gasteiger partial charge in [0.2, 0.25) is 0 Å². The zero-order valence-electron chi connectivity index (χ0n) is 13.1. The van der Waals surface area contributed by atoms with Crippen molar-refractivity contribution < 1.29 is 19.8 Å². The van der Waals surface area contributed by atoms with Gasteiger partial charge >= 0.3 is 11.9 Å². The summed E-state index contributed by atoms with van der Waals surface area (Å²) in [5, 5.41) is 18.1. The lowest BCUT2D eigenvalue weighted by Crippen LogP contribution is -1.98. The third-order valence-corrected chi connectivity index (χ3v) is 3.96. The van der Waals surface area contributed by atoms with E-state index in [1.165, 1.54) is 24.3 Å². The molecule has 0 bridgehead atoms. The molecule has 0 aliphatic rings. The first-order valence-electron chi connectivity index (χ1n) is 7.53. The first-order chi connectivity index (χ1) is 12.0. The van der Waals surface area contributed by atoms with Gasteiger partial charge in [0.05, 0.1) is 11.1 Å². The van der Waals surface area contributed by atoms with Gasteiger partial charge in [0.15, 0.2) is 0 Å². The van der Waals surface area contributed by atoms with Crippen molar-refractivity contribution in [1.82, 2.24) is 0 Å². The van der Waals surface area contributed by atoms with Crippen LogP contribution in [0.15, 0.2) is 66.7 Å². The topological polar surface area (TPSA) is 101 Å². The van der Waals surface area contributed by atoms with Crippen LogP contribution >= 0.6 is 0 Å². The average Bonchev–Trinajstić information content (AvgIpc) is 2.61. The summed E-state index contributed by atoms with van der Waals surface area (Å²) in [5.41, 5.74) is 10.4. The second-order valence-electron chi connectivity index (χ2n) is 5.53. The summed E-state index contributed by atoms with van der Waals surface area (Å²) >= 11 is 0. The molecule has 5 nitrogen and oxygen atoms in total. The molecule has 0 radical (unpaired) electrons. The highest BCUT2D eigenvalue weighted by Gasteiger charge is 2.12. The molecule has 0 aliphatic carbocycles. The fourth-order valence-corrected chi connectivity index (χ4v) is 2.70. The minimum absolute atomic E-state index is 0.200. The van der Waals surface area contributed by atoms with E-state index in [4.69, 9.17) is 15.9 Å². The second kappa shape index (κ2) is 6.49. The van der Waals surface area contributed by atoms with Crippen LogP contribution in [0.25, 0.3) is 22.3 Å². The predicted octanol–water partition coefficient (Wildman–Crippen LogP) is 4.00. The van der Waals surface area contributed by atoms with Crippen LogP contribution in [-0.4, -0.2) is 22.2 Å². The fourth-order valence-electron chi connectivity index (χ4n) is 2.70. The molecule has 0 atom stereocenters. The van der Waals surface area contributed by atoms with Gasteiger partial charge in [-0.05, 0) is 47.0 Å². The zero-order valence-corrected chi connectivity index (χ0v) is 13.1. The molecule has 0 spiro atoms. The highest BCUT2D eigenvalue weighted by molar-refractivity contribution is 5.94. The molecule has 0 saturated carbocycles. The van der Waals surface area contributed by atoms with Crippen molar-refractivity contribution in [3.05, 3.63) is 77.9 Å². The molecular weight excluding hydrogens is 318 g/mol. The van der Waals surface area contributed by atoms with Crippen LogP contribution in [0.5, 0.6) is 0 Å². The molecule has 0 unspecified atom stereocenters. The Hall–Kier alpha value is -3.60. The number of anilines is 1. The van der Waals surface area contributed by atoms with Gasteiger partial charge in [-0.15, -0.1) is 0 Å². The van der Waals surface area contributed by atoms with Gasteiger partial charge in [-0.2, -0.15) is 0 Å². The molecule has 4 N–H and O–H groups in total. The summed E-state index contributed by atoms with van der Waals surface area (Å²) in [5.74, 6) is -1.97. The molecule has 0 amide bonds. The molecule has 0 heterocycles. The molecule has 25 heavy (non-hydrogen) atoms. The van der Waals surface area contributed by atoms with Crippen molar-refractivity contribution in [2.24, 2.45) is 0 Å². The van der Waals surface area contributed by atoms with Gasteiger partial charge in [-0.3, -0.25) is 0 Å². The molecule has 3 aromatic rings. The number of nitrogens with two attached hydrogens (primary N) is 1. The fraction of sp³-hybridized carbons (Fsp3) is 0. The quantitative estimate of drug-likeness (QED) is 0.627. The first kappa shape index (κ1) is 16.3. The molecule has 3 aromatic carbocycles. The number of aromatic carboxylic acids is 2. The number of carboxylic acid groups (broad SMARTS) is 2. The number of benzene rings is 3. The highest BCUT2D eigenvalue weighted by atomic mass is 16.4. The number of hydrogen-bond acceptors (Lipinski definition) is 3.